The maximum atomic E-state index is 12.4. The van der Waals surface area contributed by atoms with Gasteiger partial charge in [-0.25, -0.2) is 0 Å². The van der Waals surface area contributed by atoms with E-state index < -0.39 is 0 Å². The molecule has 5 heteroatoms. The lowest BCUT2D eigenvalue weighted by atomic mass is 9.78. The van der Waals surface area contributed by atoms with Gasteiger partial charge in [-0.15, -0.1) is 0 Å². The second-order valence-electron chi connectivity index (χ2n) is 5.82. The zero-order chi connectivity index (χ0) is 16.4. The number of ether oxygens (including phenoxy) is 2. The number of allylic oxidation sites excluding steroid dienone is 2. The Morgan fingerprint density at radius 3 is 2.78 bits per heavy atom. The lowest BCUT2D eigenvalue weighted by Crippen LogP contribution is -2.36. The Kier molecular flexibility index (Phi) is 4.37. The average molecular weight is 315 g/mol. The third-order valence-electron chi connectivity index (χ3n) is 4.37. The van der Waals surface area contributed by atoms with E-state index in [0.717, 1.165) is 29.7 Å². The van der Waals surface area contributed by atoms with Crippen LogP contribution in [0.1, 0.15) is 44.1 Å². The van der Waals surface area contributed by atoms with E-state index in [1.165, 1.54) is 0 Å². The Balaban J connectivity index is 2.02. The third kappa shape index (κ3) is 2.96. The second kappa shape index (κ2) is 6.44. The van der Waals surface area contributed by atoms with E-state index in [0.29, 0.717) is 30.9 Å². The number of carbonyl (C=O) groups is 2. The summed E-state index contributed by atoms with van der Waals surface area (Å²) < 4.78 is 10.9. The molecule has 0 bridgehead atoms. The molecule has 0 fully saturated rings. The fourth-order valence-corrected chi connectivity index (χ4v) is 3.36. The van der Waals surface area contributed by atoms with Crippen molar-refractivity contribution in [2.45, 2.75) is 38.5 Å². The SMILES string of the molecule is CCOc1ccc(C2CC(=O)NC3=C2C(=O)CCC3)cc1OC. The van der Waals surface area contributed by atoms with Gasteiger partial charge in [-0.1, -0.05) is 6.07 Å². The van der Waals surface area contributed by atoms with Crippen LogP contribution in [0.15, 0.2) is 29.5 Å². The number of nitrogens with one attached hydrogen (secondary N) is 1. The fraction of sp³-hybridized carbons (Fsp3) is 0.444. The van der Waals surface area contributed by atoms with Crippen LogP contribution in [0.4, 0.5) is 0 Å². The number of hydrogen-bond donors (Lipinski definition) is 1. The summed E-state index contributed by atoms with van der Waals surface area (Å²) in [4.78, 5) is 24.4. The normalized spacial score (nSPS) is 20.9. The van der Waals surface area contributed by atoms with Gasteiger partial charge in [0, 0.05) is 30.0 Å². The van der Waals surface area contributed by atoms with Gasteiger partial charge in [0.15, 0.2) is 17.3 Å². The summed E-state index contributed by atoms with van der Waals surface area (Å²) in [7, 11) is 1.59. The Labute approximate surface area is 135 Å². The molecule has 1 N–H and O–H groups in total. The van der Waals surface area contributed by atoms with Gasteiger partial charge in [0.05, 0.1) is 13.7 Å². The number of methoxy groups -OCH3 is 1. The molecule has 1 unspecified atom stereocenters. The minimum Gasteiger partial charge on any atom is -0.493 e. The Morgan fingerprint density at radius 1 is 1.22 bits per heavy atom. The van der Waals surface area contributed by atoms with E-state index in [1.54, 1.807) is 7.11 Å². The highest BCUT2D eigenvalue weighted by atomic mass is 16.5. The molecule has 1 aromatic rings. The predicted octanol–water partition coefficient (Wildman–Crippen LogP) is 2.70. The predicted molar refractivity (Wildman–Crippen MR) is 85.5 cm³/mol. The van der Waals surface area contributed by atoms with E-state index in [4.69, 9.17) is 9.47 Å². The molecular weight excluding hydrogens is 294 g/mol. The van der Waals surface area contributed by atoms with Crippen LogP contribution in [0.2, 0.25) is 0 Å². The molecule has 23 heavy (non-hydrogen) atoms. The van der Waals surface area contributed by atoms with Crippen LogP contribution < -0.4 is 14.8 Å². The van der Waals surface area contributed by atoms with Crippen molar-refractivity contribution in [3.63, 3.8) is 0 Å². The van der Waals surface area contributed by atoms with E-state index >= 15 is 0 Å². The molecule has 122 valence electrons. The Hall–Kier alpha value is -2.30. The van der Waals surface area contributed by atoms with Crippen molar-refractivity contribution >= 4 is 11.7 Å². The van der Waals surface area contributed by atoms with E-state index in [9.17, 15) is 9.59 Å². The number of rotatable bonds is 4. The lowest BCUT2D eigenvalue weighted by molar-refractivity contribution is -0.122. The first-order valence-electron chi connectivity index (χ1n) is 8.00. The number of Topliss-reactive ketones (excluding diaryl/α,β-unsaturated/α-hetero) is 1. The molecule has 1 atom stereocenters. The highest BCUT2D eigenvalue weighted by Gasteiger charge is 2.35. The van der Waals surface area contributed by atoms with Crippen LogP contribution in [0.5, 0.6) is 11.5 Å². The van der Waals surface area contributed by atoms with Gasteiger partial charge in [0.25, 0.3) is 0 Å². The van der Waals surface area contributed by atoms with Gasteiger partial charge < -0.3 is 14.8 Å². The maximum Gasteiger partial charge on any atom is 0.225 e. The molecule has 2 aliphatic rings. The van der Waals surface area contributed by atoms with E-state index in [-0.39, 0.29) is 17.6 Å². The molecular formula is C18H21NO4. The molecule has 0 saturated heterocycles. The molecule has 0 spiro atoms. The molecule has 0 aromatic heterocycles. The molecule has 1 amide bonds. The van der Waals surface area contributed by atoms with Crippen molar-refractivity contribution in [3.8, 4) is 11.5 Å². The van der Waals surface area contributed by atoms with Gasteiger partial charge in [-0.2, -0.15) is 0 Å². The molecule has 5 nitrogen and oxygen atoms in total. The number of hydrogen-bond acceptors (Lipinski definition) is 4. The Morgan fingerprint density at radius 2 is 2.04 bits per heavy atom. The minimum atomic E-state index is -0.198. The van der Waals surface area contributed by atoms with Crippen LogP contribution in [-0.4, -0.2) is 25.4 Å². The molecule has 1 aliphatic heterocycles. The lowest BCUT2D eigenvalue weighted by Gasteiger charge is -2.31. The van der Waals surface area contributed by atoms with Gasteiger partial charge in [-0.05, 0) is 37.5 Å². The number of benzene rings is 1. The zero-order valence-electron chi connectivity index (χ0n) is 13.5. The van der Waals surface area contributed by atoms with Crippen LogP contribution in [0, 0.1) is 0 Å². The van der Waals surface area contributed by atoms with Crippen LogP contribution in [-0.2, 0) is 9.59 Å². The number of carbonyl (C=O) groups excluding carboxylic acids is 2. The molecule has 3 rings (SSSR count). The van der Waals surface area contributed by atoms with Crippen molar-refractivity contribution in [1.82, 2.24) is 5.32 Å². The highest BCUT2D eigenvalue weighted by molar-refractivity contribution is 6.01. The summed E-state index contributed by atoms with van der Waals surface area (Å²) in [5.41, 5.74) is 2.49. The molecule has 1 aromatic carbocycles. The molecule has 1 aliphatic carbocycles. The van der Waals surface area contributed by atoms with Gasteiger partial charge >= 0.3 is 0 Å². The first kappa shape index (κ1) is 15.6. The van der Waals surface area contributed by atoms with Crippen molar-refractivity contribution < 1.29 is 19.1 Å². The van der Waals surface area contributed by atoms with Crippen LogP contribution in [0.25, 0.3) is 0 Å². The van der Waals surface area contributed by atoms with Crippen molar-refractivity contribution in [1.29, 1.82) is 0 Å². The Bertz CT molecular complexity index is 678. The molecule has 0 radical (unpaired) electrons. The maximum absolute atomic E-state index is 12.4. The van der Waals surface area contributed by atoms with Gasteiger partial charge in [0.2, 0.25) is 5.91 Å². The average Bonchev–Trinajstić information content (AvgIpc) is 2.54. The van der Waals surface area contributed by atoms with Crippen molar-refractivity contribution in [2.75, 3.05) is 13.7 Å². The van der Waals surface area contributed by atoms with Crippen LogP contribution in [0.3, 0.4) is 0 Å². The first-order chi connectivity index (χ1) is 11.1. The topological polar surface area (TPSA) is 64.6 Å². The zero-order valence-corrected chi connectivity index (χ0v) is 13.5. The van der Waals surface area contributed by atoms with Crippen LogP contribution >= 0.6 is 0 Å². The summed E-state index contributed by atoms with van der Waals surface area (Å²) in [6, 6.07) is 5.64. The smallest absolute Gasteiger partial charge is 0.225 e. The van der Waals surface area contributed by atoms with E-state index in [2.05, 4.69) is 5.32 Å². The fourth-order valence-electron chi connectivity index (χ4n) is 3.36. The largest absolute Gasteiger partial charge is 0.493 e. The van der Waals surface area contributed by atoms with Crippen molar-refractivity contribution in [2.24, 2.45) is 0 Å². The summed E-state index contributed by atoms with van der Waals surface area (Å²) in [6.45, 7) is 2.46. The first-order valence-corrected chi connectivity index (χ1v) is 8.00. The summed E-state index contributed by atoms with van der Waals surface area (Å²) >= 11 is 0. The highest BCUT2D eigenvalue weighted by Crippen LogP contribution is 2.40. The summed E-state index contributed by atoms with van der Waals surface area (Å²) in [5, 5.41) is 2.87. The number of ketones is 1. The summed E-state index contributed by atoms with van der Waals surface area (Å²) in [6.07, 6.45) is 2.41. The molecule has 1 heterocycles. The standard InChI is InChI=1S/C18H21NO4/c1-3-23-15-8-7-11(9-16(15)22-2)12-10-17(21)19-13-5-4-6-14(20)18(12)13/h7-9,12H,3-6,10H2,1-2H3,(H,19,21). The summed E-state index contributed by atoms with van der Waals surface area (Å²) in [5.74, 6) is 1.21. The van der Waals surface area contributed by atoms with Gasteiger partial charge in [0.1, 0.15) is 0 Å². The van der Waals surface area contributed by atoms with Gasteiger partial charge in [-0.3, -0.25) is 9.59 Å². The monoisotopic (exact) mass is 315 g/mol. The molecule has 0 saturated carbocycles. The second-order valence-corrected chi connectivity index (χ2v) is 5.82. The number of amides is 1. The third-order valence-corrected chi connectivity index (χ3v) is 4.37. The quantitative estimate of drug-likeness (QED) is 0.928. The van der Waals surface area contributed by atoms with E-state index in [1.807, 2.05) is 25.1 Å². The minimum absolute atomic E-state index is 0.0312. The van der Waals surface area contributed by atoms with Crippen molar-refractivity contribution in [3.05, 3.63) is 35.0 Å².